The van der Waals surface area contributed by atoms with Crippen molar-refractivity contribution in [2.45, 2.75) is 5.85 Å². The zero-order valence-electron chi connectivity index (χ0n) is 13.9. The Morgan fingerprint density at radius 1 is 0.769 bits per heavy atom. The molecule has 1 aromatic heterocycles. The summed E-state index contributed by atoms with van der Waals surface area (Å²) in [7, 11) is 0. The van der Waals surface area contributed by atoms with Gasteiger partial charge in [-0.25, -0.2) is 9.97 Å². The third-order valence-electron chi connectivity index (χ3n) is 4.63. The Labute approximate surface area is 150 Å². The number of fused-ring (bicyclic) bond motifs is 2. The predicted molar refractivity (Wildman–Crippen MR) is 101 cm³/mol. The van der Waals surface area contributed by atoms with Gasteiger partial charge in [-0.15, -0.1) is 0 Å². The molecule has 1 aliphatic rings. The predicted octanol–water partition coefficient (Wildman–Crippen LogP) is 2.72. The van der Waals surface area contributed by atoms with Crippen molar-refractivity contribution >= 4 is 22.4 Å². The van der Waals surface area contributed by atoms with Gasteiger partial charge in [0.15, 0.2) is 11.4 Å². The summed E-state index contributed by atoms with van der Waals surface area (Å²) in [5.74, 6) is -1.41. The molecule has 0 saturated carbocycles. The number of anilines is 1. The summed E-state index contributed by atoms with van der Waals surface area (Å²) in [6.45, 7) is 0. The molecule has 1 unspecified atom stereocenters. The third kappa shape index (κ3) is 2.34. The lowest BCUT2D eigenvalue weighted by molar-refractivity contribution is -0.697. The number of hydrogen-bond acceptors (Lipinski definition) is 4. The highest BCUT2D eigenvalue weighted by Gasteiger charge is 2.45. The molecule has 5 rings (SSSR count). The lowest BCUT2D eigenvalue weighted by Crippen LogP contribution is -2.90. The van der Waals surface area contributed by atoms with E-state index in [1.807, 2.05) is 78.9 Å². The number of hydrogen-bond donors (Lipinski definition) is 3. The van der Waals surface area contributed by atoms with Crippen LogP contribution in [0.2, 0.25) is 0 Å². The van der Waals surface area contributed by atoms with Gasteiger partial charge >= 0.3 is 5.85 Å². The minimum absolute atomic E-state index is 0.499. The van der Waals surface area contributed by atoms with Gasteiger partial charge in [-0.1, -0.05) is 54.6 Å². The monoisotopic (exact) mass is 341 g/mol. The number of nitrogens with one attached hydrogen (secondary N) is 1. The second kappa shape index (κ2) is 5.62. The van der Waals surface area contributed by atoms with Gasteiger partial charge in [0.2, 0.25) is 0 Å². The first-order valence-corrected chi connectivity index (χ1v) is 8.51. The molecule has 1 atom stereocenters. The summed E-state index contributed by atoms with van der Waals surface area (Å²) < 4.78 is 0. The van der Waals surface area contributed by atoms with Crippen LogP contribution in [-0.4, -0.2) is 15.1 Å². The van der Waals surface area contributed by atoms with Crippen LogP contribution in [-0.2, 0) is 5.85 Å². The molecule has 4 aromatic rings. The number of nitrogens with two attached hydrogens (primary N) is 1. The highest BCUT2D eigenvalue weighted by molar-refractivity contribution is 5.79. The van der Waals surface area contributed by atoms with Crippen LogP contribution >= 0.6 is 0 Å². The van der Waals surface area contributed by atoms with Gasteiger partial charge < -0.3 is 5.11 Å². The molecule has 0 spiro atoms. The topological polar surface area (TPSA) is 74.7 Å². The minimum Gasteiger partial charge on any atom is -0.319 e. The van der Waals surface area contributed by atoms with Gasteiger partial charge in [-0.05, 0) is 18.2 Å². The summed E-state index contributed by atoms with van der Waals surface area (Å²) in [4.78, 5) is 9.60. The van der Waals surface area contributed by atoms with Crippen molar-refractivity contribution in [3.8, 4) is 11.3 Å². The molecule has 0 fully saturated rings. The van der Waals surface area contributed by atoms with Crippen molar-refractivity contribution in [1.29, 1.82) is 0 Å². The smallest absolute Gasteiger partial charge is 0.319 e. The molecule has 26 heavy (non-hydrogen) atoms. The van der Waals surface area contributed by atoms with Gasteiger partial charge in [0, 0.05) is 11.6 Å². The average Bonchev–Trinajstić information content (AvgIpc) is 3.05. The van der Waals surface area contributed by atoms with E-state index in [2.05, 4.69) is 5.32 Å². The van der Waals surface area contributed by atoms with Crippen molar-refractivity contribution < 1.29 is 10.4 Å². The molecule has 0 bridgehead atoms. The van der Waals surface area contributed by atoms with Gasteiger partial charge in [0.1, 0.15) is 11.4 Å². The molecule has 0 aliphatic carbocycles. The number of aliphatic hydroxyl groups is 1. The highest BCUT2D eigenvalue weighted by atomic mass is 16.3. The first-order valence-electron chi connectivity index (χ1n) is 8.51. The van der Waals surface area contributed by atoms with Gasteiger partial charge in [0.25, 0.3) is 0 Å². The lowest BCUT2D eigenvalue weighted by Gasteiger charge is -2.21. The van der Waals surface area contributed by atoms with Crippen LogP contribution < -0.4 is 10.6 Å². The van der Waals surface area contributed by atoms with Crippen molar-refractivity contribution in [3.63, 3.8) is 0 Å². The Bertz CT molecular complexity index is 1090. The van der Waals surface area contributed by atoms with Crippen LogP contribution in [0.3, 0.4) is 0 Å². The molecule has 0 radical (unpaired) electrons. The van der Waals surface area contributed by atoms with Crippen LogP contribution in [0, 0.1) is 0 Å². The van der Waals surface area contributed by atoms with Gasteiger partial charge in [0.05, 0.1) is 11.0 Å². The van der Waals surface area contributed by atoms with Crippen molar-refractivity contribution in [2.75, 3.05) is 5.32 Å². The largest absolute Gasteiger partial charge is 0.331 e. The summed E-state index contributed by atoms with van der Waals surface area (Å²) in [5, 5.41) is 16.4. The fourth-order valence-corrected chi connectivity index (χ4v) is 3.39. The van der Waals surface area contributed by atoms with E-state index in [1.54, 1.807) is 5.32 Å². The molecular weight excluding hydrogens is 324 g/mol. The van der Waals surface area contributed by atoms with E-state index in [-0.39, 0.29) is 0 Å². The summed E-state index contributed by atoms with van der Waals surface area (Å²) >= 11 is 0. The summed E-state index contributed by atoms with van der Waals surface area (Å²) in [6.07, 6.45) is 0. The standard InChI is InChI=1S/C21H16N4O/c26-21(24-17-12-6-7-13-18(17)25-21)20-19(14-8-2-1-3-9-14)22-15-10-4-5-11-16(15)23-20/h1-13,24-26H/p+1. The number of quaternary nitrogens is 1. The minimum atomic E-state index is -1.41. The van der Waals surface area contributed by atoms with Crippen molar-refractivity contribution in [1.82, 2.24) is 9.97 Å². The zero-order chi connectivity index (χ0) is 17.6. The highest BCUT2D eigenvalue weighted by Crippen LogP contribution is 2.33. The second-order valence-corrected chi connectivity index (χ2v) is 6.40. The number of para-hydroxylation sites is 4. The van der Waals surface area contributed by atoms with Crippen LogP contribution in [0.5, 0.6) is 0 Å². The van der Waals surface area contributed by atoms with E-state index >= 15 is 0 Å². The quantitative estimate of drug-likeness (QED) is 0.490. The molecule has 1 aliphatic heterocycles. The second-order valence-electron chi connectivity index (χ2n) is 6.40. The SMILES string of the molecule is OC1(c2nc3ccccc3nc2-c2ccccc2)Nc2ccccc2[NH2+]1. The Hall–Kier alpha value is -3.28. The molecule has 0 saturated heterocycles. The maximum Gasteiger partial charge on any atom is 0.331 e. The van der Waals surface area contributed by atoms with E-state index in [1.165, 1.54) is 0 Å². The zero-order valence-corrected chi connectivity index (χ0v) is 13.9. The van der Waals surface area contributed by atoms with E-state index in [0.29, 0.717) is 11.4 Å². The van der Waals surface area contributed by atoms with Crippen molar-refractivity contribution in [3.05, 3.63) is 84.6 Å². The molecule has 0 amide bonds. The number of nitrogens with zero attached hydrogens (tertiary/aromatic N) is 2. The first-order chi connectivity index (χ1) is 12.7. The normalized spacial score (nSPS) is 18.5. The number of rotatable bonds is 2. The fraction of sp³-hybridized carbons (Fsp3) is 0.0476. The van der Waals surface area contributed by atoms with Gasteiger partial charge in [-0.3, -0.25) is 10.6 Å². The maximum absolute atomic E-state index is 11.4. The van der Waals surface area contributed by atoms with Crippen LogP contribution in [0.1, 0.15) is 5.69 Å². The molecule has 4 N–H and O–H groups in total. The van der Waals surface area contributed by atoms with E-state index < -0.39 is 5.85 Å². The lowest BCUT2D eigenvalue weighted by atomic mass is 10.1. The fourth-order valence-electron chi connectivity index (χ4n) is 3.39. The number of aromatic nitrogens is 2. The van der Waals surface area contributed by atoms with Crippen LogP contribution in [0.15, 0.2) is 78.9 Å². The van der Waals surface area contributed by atoms with Crippen LogP contribution in [0.4, 0.5) is 11.4 Å². The third-order valence-corrected chi connectivity index (χ3v) is 4.63. The van der Waals surface area contributed by atoms with E-state index in [4.69, 9.17) is 9.97 Å². The molecule has 3 aromatic carbocycles. The Kier molecular flexibility index (Phi) is 3.25. The van der Waals surface area contributed by atoms with Crippen molar-refractivity contribution in [2.24, 2.45) is 0 Å². The van der Waals surface area contributed by atoms with Crippen LogP contribution in [0.25, 0.3) is 22.3 Å². The Balaban J connectivity index is 1.74. The molecular formula is C21H17N4O+. The van der Waals surface area contributed by atoms with Gasteiger partial charge in [-0.2, -0.15) is 0 Å². The summed E-state index contributed by atoms with van der Waals surface area (Å²) in [6, 6.07) is 25.4. The Morgan fingerprint density at radius 2 is 1.42 bits per heavy atom. The van der Waals surface area contributed by atoms with E-state index in [0.717, 1.165) is 28.0 Å². The molecule has 126 valence electrons. The Morgan fingerprint density at radius 3 is 2.19 bits per heavy atom. The van der Waals surface area contributed by atoms with E-state index in [9.17, 15) is 5.11 Å². The molecule has 5 heteroatoms. The average molecular weight is 341 g/mol. The number of benzene rings is 3. The molecule has 5 nitrogen and oxygen atoms in total. The maximum atomic E-state index is 11.4. The summed E-state index contributed by atoms with van der Waals surface area (Å²) in [5.41, 5.74) is 5.46. The first kappa shape index (κ1) is 15.0. The molecule has 2 heterocycles.